The SMILES string of the molecule is CC(COc1ccccn1)Nc1ncnc2scc(Cl)c12. The van der Waals surface area contributed by atoms with Crippen molar-refractivity contribution in [3.63, 3.8) is 0 Å². The molecule has 5 nitrogen and oxygen atoms in total. The van der Waals surface area contributed by atoms with Crippen LogP contribution in [0.5, 0.6) is 5.88 Å². The van der Waals surface area contributed by atoms with Gasteiger partial charge in [0.05, 0.1) is 16.5 Å². The van der Waals surface area contributed by atoms with Crippen molar-refractivity contribution in [2.75, 3.05) is 11.9 Å². The van der Waals surface area contributed by atoms with Gasteiger partial charge in [-0.1, -0.05) is 17.7 Å². The van der Waals surface area contributed by atoms with Crippen molar-refractivity contribution in [2.45, 2.75) is 13.0 Å². The molecule has 1 atom stereocenters. The van der Waals surface area contributed by atoms with Crippen LogP contribution in [-0.4, -0.2) is 27.6 Å². The zero-order valence-corrected chi connectivity index (χ0v) is 12.9. The molecule has 0 saturated carbocycles. The third kappa shape index (κ3) is 3.22. The predicted octanol–water partition coefficient (Wildman–Crippen LogP) is 3.62. The van der Waals surface area contributed by atoms with Crippen LogP contribution < -0.4 is 10.1 Å². The van der Waals surface area contributed by atoms with Crippen LogP contribution in [0.2, 0.25) is 5.02 Å². The van der Waals surface area contributed by atoms with Crippen molar-refractivity contribution in [2.24, 2.45) is 0 Å². The van der Waals surface area contributed by atoms with E-state index in [1.165, 1.54) is 17.7 Å². The number of thiophene rings is 1. The Morgan fingerprint density at radius 3 is 3.05 bits per heavy atom. The highest BCUT2D eigenvalue weighted by molar-refractivity contribution is 7.17. The van der Waals surface area contributed by atoms with Crippen molar-refractivity contribution < 1.29 is 4.74 Å². The molecule has 21 heavy (non-hydrogen) atoms. The molecule has 3 aromatic rings. The second-order valence-corrected chi connectivity index (χ2v) is 5.78. The van der Waals surface area contributed by atoms with Gasteiger partial charge in [0.1, 0.15) is 23.6 Å². The third-order valence-corrected chi connectivity index (χ3v) is 4.14. The van der Waals surface area contributed by atoms with Gasteiger partial charge in [-0.05, 0) is 13.0 Å². The van der Waals surface area contributed by atoms with E-state index < -0.39 is 0 Å². The van der Waals surface area contributed by atoms with Gasteiger partial charge in [-0.25, -0.2) is 15.0 Å². The van der Waals surface area contributed by atoms with Gasteiger partial charge >= 0.3 is 0 Å². The zero-order chi connectivity index (χ0) is 14.7. The second kappa shape index (κ2) is 6.24. The average Bonchev–Trinajstić information content (AvgIpc) is 2.89. The van der Waals surface area contributed by atoms with Crippen LogP contribution >= 0.6 is 22.9 Å². The molecule has 0 aliphatic heterocycles. The number of pyridine rings is 1. The van der Waals surface area contributed by atoms with Crippen molar-refractivity contribution in [3.05, 3.63) is 41.1 Å². The van der Waals surface area contributed by atoms with E-state index in [0.717, 1.165) is 16.0 Å². The minimum Gasteiger partial charge on any atom is -0.475 e. The second-order valence-electron chi connectivity index (χ2n) is 4.51. The number of hydrogen-bond acceptors (Lipinski definition) is 6. The molecule has 0 aromatic carbocycles. The summed E-state index contributed by atoms with van der Waals surface area (Å²) in [6.07, 6.45) is 3.23. The maximum atomic E-state index is 6.18. The summed E-state index contributed by atoms with van der Waals surface area (Å²) in [7, 11) is 0. The molecule has 1 N–H and O–H groups in total. The van der Waals surface area contributed by atoms with Gasteiger partial charge in [0.2, 0.25) is 5.88 Å². The summed E-state index contributed by atoms with van der Waals surface area (Å²) in [6.45, 7) is 2.49. The molecule has 3 heterocycles. The molecule has 0 spiro atoms. The molecule has 0 radical (unpaired) electrons. The summed E-state index contributed by atoms with van der Waals surface area (Å²) < 4.78 is 5.62. The molecule has 0 bridgehead atoms. The monoisotopic (exact) mass is 320 g/mol. The number of nitrogens with zero attached hydrogens (tertiary/aromatic N) is 3. The van der Waals surface area contributed by atoms with E-state index >= 15 is 0 Å². The Morgan fingerprint density at radius 2 is 2.24 bits per heavy atom. The number of aromatic nitrogens is 3. The highest BCUT2D eigenvalue weighted by Crippen LogP contribution is 2.32. The lowest BCUT2D eigenvalue weighted by molar-refractivity contribution is 0.292. The average molecular weight is 321 g/mol. The Morgan fingerprint density at radius 1 is 1.33 bits per heavy atom. The van der Waals surface area contributed by atoms with Crippen LogP contribution in [0, 0.1) is 0 Å². The molecular formula is C14H13ClN4OS. The first-order valence-corrected chi connectivity index (χ1v) is 7.68. The fraction of sp³-hybridized carbons (Fsp3) is 0.214. The Bertz CT molecular complexity index is 734. The van der Waals surface area contributed by atoms with Crippen LogP contribution in [0.25, 0.3) is 10.2 Å². The van der Waals surface area contributed by atoms with E-state index in [9.17, 15) is 0 Å². The Balaban J connectivity index is 1.69. The quantitative estimate of drug-likeness (QED) is 0.778. The van der Waals surface area contributed by atoms with Crippen molar-refractivity contribution >= 4 is 39.0 Å². The van der Waals surface area contributed by atoms with Gasteiger partial charge in [-0.2, -0.15) is 0 Å². The molecular weight excluding hydrogens is 308 g/mol. The molecule has 3 aromatic heterocycles. The maximum Gasteiger partial charge on any atom is 0.213 e. The minimum absolute atomic E-state index is 0.0565. The van der Waals surface area contributed by atoms with Crippen LogP contribution in [0.1, 0.15) is 6.92 Å². The van der Waals surface area contributed by atoms with Crippen molar-refractivity contribution in [3.8, 4) is 5.88 Å². The smallest absolute Gasteiger partial charge is 0.213 e. The first kappa shape index (κ1) is 14.0. The number of anilines is 1. The van der Waals surface area contributed by atoms with Gasteiger partial charge < -0.3 is 10.1 Å². The first-order valence-electron chi connectivity index (χ1n) is 6.42. The van der Waals surface area contributed by atoms with Crippen LogP contribution in [0.15, 0.2) is 36.1 Å². The van der Waals surface area contributed by atoms with Gasteiger partial charge in [0.15, 0.2) is 0 Å². The summed E-state index contributed by atoms with van der Waals surface area (Å²) >= 11 is 7.68. The van der Waals surface area contributed by atoms with Crippen molar-refractivity contribution in [1.82, 2.24) is 15.0 Å². The van der Waals surface area contributed by atoms with E-state index in [1.807, 2.05) is 30.5 Å². The molecule has 0 fully saturated rings. The zero-order valence-electron chi connectivity index (χ0n) is 11.3. The Hall–Kier alpha value is -1.92. The van der Waals surface area contributed by atoms with Crippen LogP contribution in [0.4, 0.5) is 5.82 Å². The highest BCUT2D eigenvalue weighted by Gasteiger charge is 2.12. The van der Waals surface area contributed by atoms with E-state index in [1.54, 1.807) is 6.20 Å². The van der Waals surface area contributed by atoms with E-state index in [-0.39, 0.29) is 6.04 Å². The molecule has 0 aliphatic carbocycles. The molecule has 1 unspecified atom stereocenters. The standard InChI is InChI=1S/C14H13ClN4OS/c1-9(6-20-11-4-2-3-5-16-11)19-13-12-10(15)7-21-14(12)18-8-17-13/h2-5,7-9H,6H2,1H3,(H,17,18,19). The lowest BCUT2D eigenvalue weighted by Gasteiger charge is -2.15. The molecule has 0 aliphatic rings. The molecule has 108 valence electrons. The number of hydrogen-bond donors (Lipinski definition) is 1. The highest BCUT2D eigenvalue weighted by atomic mass is 35.5. The van der Waals surface area contributed by atoms with Crippen LogP contribution in [-0.2, 0) is 0 Å². The summed E-state index contributed by atoms with van der Waals surface area (Å²) in [5, 5.41) is 6.68. The molecule has 3 rings (SSSR count). The van der Waals surface area contributed by atoms with Crippen LogP contribution in [0.3, 0.4) is 0 Å². The van der Waals surface area contributed by atoms with Gasteiger partial charge in [-0.3, -0.25) is 0 Å². The van der Waals surface area contributed by atoms with Gasteiger partial charge in [0, 0.05) is 17.6 Å². The summed E-state index contributed by atoms with van der Waals surface area (Å²) in [6, 6.07) is 5.62. The fourth-order valence-electron chi connectivity index (χ4n) is 1.87. The summed E-state index contributed by atoms with van der Waals surface area (Å²) in [5.74, 6) is 1.33. The molecule has 0 amide bonds. The molecule has 0 saturated heterocycles. The van der Waals surface area contributed by atoms with Crippen molar-refractivity contribution in [1.29, 1.82) is 0 Å². The lowest BCUT2D eigenvalue weighted by Crippen LogP contribution is -2.24. The largest absolute Gasteiger partial charge is 0.475 e. The Labute approximate surface area is 131 Å². The number of nitrogens with one attached hydrogen (secondary N) is 1. The van der Waals surface area contributed by atoms with E-state index in [0.29, 0.717) is 17.5 Å². The van der Waals surface area contributed by atoms with E-state index in [4.69, 9.17) is 16.3 Å². The van der Waals surface area contributed by atoms with Gasteiger partial charge in [-0.15, -0.1) is 11.3 Å². The normalized spacial score (nSPS) is 12.3. The van der Waals surface area contributed by atoms with E-state index in [2.05, 4.69) is 20.3 Å². The number of rotatable bonds is 5. The summed E-state index contributed by atoms with van der Waals surface area (Å²) in [5.41, 5.74) is 0. The van der Waals surface area contributed by atoms with Gasteiger partial charge in [0.25, 0.3) is 0 Å². The first-order chi connectivity index (χ1) is 10.2. The maximum absolute atomic E-state index is 6.18. The lowest BCUT2D eigenvalue weighted by atomic mass is 10.3. The topological polar surface area (TPSA) is 59.9 Å². The Kier molecular flexibility index (Phi) is 4.17. The third-order valence-electron chi connectivity index (χ3n) is 2.83. The summed E-state index contributed by atoms with van der Waals surface area (Å²) in [4.78, 5) is 13.5. The minimum atomic E-state index is 0.0565. The number of ether oxygens (including phenoxy) is 1. The fourth-order valence-corrected chi connectivity index (χ4v) is 3.00. The molecule has 7 heteroatoms. The predicted molar refractivity (Wildman–Crippen MR) is 85.2 cm³/mol. The number of fused-ring (bicyclic) bond motifs is 1. The number of halogens is 1.